The molecular weight excluding hydrogens is 434 g/mol. The Morgan fingerprint density at radius 2 is 1.88 bits per heavy atom. The molecule has 1 aromatic heterocycles. The number of aryl methyl sites for hydroxylation is 1. The molecule has 160 valence electrons. The number of esters is 1. The molecule has 3 aromatic rings. The molecule has 32 heavy (non-hydrogen) atoms. The molecule has 0 fully saturated rings. The van der Waals surface area contributed by atoms with Crippen LogP contribution in [0.2, 0.25) is 5.02 Å². The summed E-state index contributed by atoms with van der Waals surface area (Å²) in [7, 11) is 1.27. The summed E-state index contributed by atoms with van der Waals surface area (Å²) >= 11 is 6.12. The van der Waals surface area contributed by atoms with E-state index < -0.39 is 23.2 Å². The van der Waals surface area contributed by atoms with E-state index in [1.165, 1.54) is 37.5 Å². The Kier molecular flexibility index (Phi) is 6.52. The molecule has 0 bridgehead atoms. The fourth-order valence-electron chi connectivity index (χ4n) is 2.88. The number of carboxylic acids is 1. The van der Waals surface area contributed by atoms with Crippen molar-refractivity contribution in [1.82, 2.24) is 9.78 Å². The van der Waals surface area contributed by atoms with Gasteiger partial charge in [0, 0.05) is 10.6 Å². The molecule has 1 N–H and O–H groups in total. The molecule has 0 saturated carbocycles. The average Bonchev–Trinajstić information content (AvgIpc) is 2.79. The van der Waals surface area contributed by atoms with Gasteiger partial charge < -0.3 is 9.84 Å². The van der Waals surface area contributed by atoms with Crippen LogP contribution in [0.3, 0.4) is 0 Å². The van der Waals surface area contributed by atoms with Crippen molar-refractivity contribution in [3.8, 4) is 11.8 Å². The monoisotopic (exact) mass is 449 g/mol. The van der Waals surface area contributed by atoms with Crippen LogP contribution < -0.4 is 5.56 Å². The number of carbonyl (C=O) groups excluding carboxylic acids is 1. The van der Waals surface area contributed by atoms with Crippen molar-refractivity contribution in [2.24, 2.45) is 0 Å². The Morgan fingerprint density at radius 1 is 1.19 bits per heavy atom. The molecule has 0 atom stereocenters. The van der Waals surface area contributed by atoms with Gasteiger partial charge in [-0.1, -0.05) is 42.0 Å². The van der Waals surface area contributed by atoms with Crippen LogP contribution in [-0.2, 0) is 4.74 Å². The lowest BCUT2D eigenvalue weighted by atomic mass is 10.1. The van der Waals surface area contributed by atoms with Crippen LogP contribution in [0.15, 0.2) is 47.3 Å². The molecule has 2 aromatic carbocycles. The molecule has 0 spiro atoms. The summed E-state index contributed by atoms with van der Waals surface area (Å²) in [6.07, 6.45) is 2.84. The van der Waals surface area contributed by atoms with Gasteiger partial charge in [0.25, 0.3) is 5.56 Å². The number of methoxy groups -OCH3 is 1. The number of ether oxygens (including phenoxy) is 1. The van der Waals surface area contributed by atoms with Gasteiger partial charge in [-0.05, 0) is 42.3 Å². The summed E-state index contributed by atoms with van der Waals surface area (Å²) in [6, 6.07) is 12.7. The predicted molar refractivity (Wildman–Crippen MR) is 118 cm³/mol. The zero-order valence-electron chi connectivity index (χ0n) is 17.0. The van der Waals surface area contributed by atoms with Crippen LogP contribution in [0.5, 0.6) is 0 Å². The molecule has 9 heteroatoms. The molecule has 3 rings (SSSR count). The van der Waals surface area contributed by atoms with Gasteiger partial charge in [0.15, 0.2) is 5.69 Å². The molecule has 0 unspecified atom stereocenters. The summed E-state index contributed by atoms with van der Waals surface area (Å²) in [5, 5.41) is 23.6. The number of aromatic nitrogens is 2. The van der Waals surface area contributed by atoms with Crippen molar-refractivity contribution >= 4 is 35.7 Å². The molecule has 0 saturated heterocycles. The third-order valence-corrected chi connectivity index (χ3v) is 5.03. The number of nitrogens with zero attached hydrogens (tertiary/aromatic N) is 3. The number of rotatable bonds is 5. The zero-order valence-corrected chi connectivity index (χ0v) is 17.8. The summed E-state index contributed by atoms with van der Waals surface area (Å²) in [5.41, 5.74) is 0.187. The minimum absolute atomic E-state index is 0.128. The largest absolute Gasteiger partial charge is 0.476 e. The van der Waals surface area contributed by atoms with Gasteiger partial charge in [0.05, 0.1) is 18.4 Å². The summed E-state index contributed by atoms with van der Waals surface area (Å²) in [4.78, 5) is 36.3. The molecular formula is C23H16ClN3O5. The molecule has 0 radical (unpaired) electrons. The van der Waals surface area contributed by atoms with E-state index in [1.807, 2.05) is 0 Å². The summed E-state index contributed by atoms with van der Waals surface area (Å²) in [6.45, 7) is 1.78. The third kappa shape index (κ3) is 4.43. The molecule has 1 heterocycles. The highest BCUT2D eigenvalue weighted by Gasteiger charge is 2.21. The van der Waals surface area contributed by atoms with Gasteiger partial charge in [0.2, 0.25) is 0 Å². The summed E-state index contributed by atoms with van der Waals surface area (Å²) < 4.78 is 5.48. The van der Waals surface area contributed by atoms with Crippen molar-refractivity contribution in [3.05, 3.63) is 91.4 Å². The second-order valence-corrected chi connectivity index (χ2v) is 7.06. The number of nitriles is 1. The average molecular weight is 450 g/mol. The smallest absolute Gasteiger partial charge is 0.357 e. The van der Waals surface area contributed by atoms with Gasteiger partial charge in [-0.2, -0.15) is 15.0 Å². The minimum atomic E-state index is -1.41. The Balaban J connectivity index is 2.13. The second kappa shape index (κ2) is 9.29. The van der Waals surface area contributed by atoms with Crippen molar-refractivity contribution < 1.29 is 19.4 Å². The van der Waals surface area contributed by atoms with Gasteiger partial charge in [-0.25, -0.2) is 9.59 Å². The fourth-order valence-corrected chi connectivity index (χ4v) is 3.06. The van der Waals surface area contributed by atoms with Crippen LogP contribution in [0.4, 0.5) is 0 Å². The number of halogens is 1. The van der Waals surface area contributed by atoms with E-state index in [-0.39, 0.29) is 16.8 Å². The number of aromatic carboxylic acids is 1. The number of hydrogen-bond acceptors (Lipinski definition) is 6. The maximum Gasteiger partial charge on any atom is 0.357 e. The minimum Gasteiger partial charge on any atom is -0.476 e. The number of benzene rings is 2. The zero-order chi connectivity index (χ0) is 23.4. The first kappa shape index (κ1) is 22.5. The van der Waals surface area contributed by atoms with Crippen molar-refractivity contribution in [3.63, 3.8) is 0 Å². The highest BCUT2D eigenvalue weighted by Crippen LogP contribution is 2.20. The highest BCUT2D eigenvalue weighted by atomic mass is 35.5. The normalized spacial score (nSPS) is 10.7. The lowest BCUT2D eigenvalue weighted by molar-refractivity contribution is 0.0599. The first-order chi connectivity index (χ1) is 15.3. The topological polar surface area (TPSA) is 122 Å². The van der Waals surface area contributed by atoms with E-state index >= 15 is 0 Å². The maximum atomic E-state index is 12.9. The standard InChI is InChI=1S/C23H16ClN3O5/c1-13-3-9-16(11-19(13)24)27-21(28)18(12-25)17(20(26-27)22(29)30)10-6-14-4-7-15(8-5-14)23(31)32-2/h3-11H,1-2H3,(H,29,30)/b10-6-. The Morgan fingerprint density at radius 3 is 2.44 bits per heavy atom. The lowest BCUT2D eigenvalue weighted by Crippen LogP contribution is -2.28. The van der Waals surface area contributed by atoms with E-state index in [1.54, 1.807) is 37.3 Å². The molecule has 0 aliphatic heterocycles. The summed E-state index contributed by atoms with van der Waals surface area (Å²) in [5.74, 6) is -1.90. The third-order valence-electron chi connectivity index (χ3n) is 4.62. The van der Waals surface area contributed by atoms with Gasteiger partial charge in [-0.15, -0.1) is 0 Å². The quantitative estimate of drug-likeness (QED) is 0.589. The van der Waals surface area contributed by atoms with Crippen LogP contribution in [0, 0.1) is 18.3 Å². The Bertz CT molecular complexity index is 1350. The van der Waals surface area contributed by atoms with Gasteiger partial charge in [-0.3, -0.25) is 4.79 Å². The first-order valence-corrected chi connectivity index (χ1v) is 9.58. The van der Waals surface area contributed by atoms with Crippen LogP contribution in [0.1, 0.15) is 43.1 Å². The van der Waals surface area contributed by atoms with Crippen LogP contribution in [0.25, 0.3) is 17.8 Å². The van der Waals surface area contributed by atoms with E-state index in [9.17, 15) is 24.8 Å². The number of carboxylic acid groups (broad SMARTS) is 1. The lowest BCUT2D eigenvalue weighted by Gasteiger charge is -2.10. The van der Waals surface area contributed by atoms with Crippen molar-refractivity contribution in [2.45, 2.75) is 6.92 Å². The van der Waals surface area contributed by atoms with E-state index in [2.05, 4.69) is 9.84 Å². The van der Waals surface area contributed by atoms with Crippen molar-refractivity contribution in [1.29, 1.82) is 5.26 Å². The Hall–Kier alpha value is -4.22. The molecule has 0 aliphatic carbocycles. The molecule has 0 aliphatic rings. The maximum absolute atomic E-state index is 12.9. The predicted octanol–water partition coefficient (Wildman–Crippen LogP) is 3.72. The second-order valence-electron chi connectivity index (χ2n) is 6.65. The van der Waals surface area contributed by atoms with E-state index in [4.69, 9.17) is 11.6 Å². The fraction of sp³-hybridized carbons (Fsp3) is 0.0870. The van der Waals surface area contributed by atoms with Crippen LogP contribution >= 0.6 is 11.6 Å². The highest BCUT2D eigenvalue weighted by molar-refractivity contribution is 6.31. The number of hydrogen-bond donors (Lipinski definition) is 1. The van der Waals surface area contributed by atoms with E-state index in [0.717, 1.165) is 10.2 Å². The van der Waals surface area contributed by atoms with Gasteiger partial charge in [0.1, 0.15) is 11.6 Å². The SMILES string of the molecule is COC(=O)c1ccc(/C=C\c2c(C(=O)O)nn(-c3ccc(C)c(Cl)c3)c(=O)c2C#N)cc1. The first-order valence-electron chi connectivity index (χ1n) is 9.20. The van der Waals surface area contributed by atoms with E-state index in [0.29, 0.717) is 16.1 Å². The molecule has 8 nitrogen and oxygen atoms in total. The van der Waals surface area contributed by atoms with Crippen LogP contribution in [-0.4, -0.2) is 33.9 Å². The van der Waals surface area contributed by atoms with Crippen molar-refractivity contribution in [2.75, 3.05) is 7.11 Å². The number of carbonyl (C=O) groups is 2. The Labute approximate surface area is 187 Å². The molecule has 0 amide bonds. The van der Waals surface area contributed by atoms with Gasteiger partial charge >= 0.3 is 11.9 Å².